The summed E-state index contributed by atoms with van der Waals surface area (Å²) in [4.78, 5) is 31.3. The van der Waals surface area contributed by atoms with Gasteiger partial charge < -0.3 is 20.0 Å². The van der Waals surface area contributed by atoms with Crippen LogP contribution in [0.25, 0.3) is 22.3 Å². The Morgan fingerprint density at radius 3 is 2.51 bits per heavy atom. The number of carbonyl (C=O) groups is 1. The number of hydrogen-bond donors (Lipinski definition) is 3. The Morgan fingerprint density at radius 1 is 1.00 bits per heavy atom. The van der Waals surface area contributed by atoms with E-state index in [1.165, 1.54) is 12.1 Å². The van der Waals surface area contributed by atoms with Crippen molar-refractivity contribution < 1.29 is 9.53 Å². The van der Waals surface area contributed by atoms with Crippen molar-refractivity contribution in [2.45, 2.75) is 77.5 Å². The molecule has 2 aliphatic rings. The zero-order chi connectivity index (χ0) is 28.6. The SMILES string of the molecule is CCc1[nH]c([C@@H]2CCCN2)nc1-c1ccc(C#Cc2ccc3nc([C@@H]4CCCN4C(=O)OC(C)(C)C)[nH]c3c2)cc1. The van der Waals surface area contributed by atoms with Gasteiger partial charge in [-0.25, -0.2) is 14.8 Å². The van der Waals surface area contributed by atoms with Crippen LogP contribution in [0.4, 0.5) is 4.79 Å². The number of hydrogen-bond acceptors (Lipinski definition) is 5. The quantitative estimate of drug-likeness (QED) is 0.255. The monoisotopic (exact) mass is 550 g/mol. The summed E-state index contributed by atoms with van der Waals surface area (Å²) in [6.07, 6.45) is 4.73. The zero-order valence-electron chi connectivity index (χ0n) is 24.3. The third-order valence-corrected chi connectivity index (χ3v) is 7.75. The van der Waals surface area contributed by atoms with Gasteiger partial charge in [0, 0.05) is 28.9 Å². The Balaban J connectivity index is 1.18. The van der Waals surface area contributed by atoms with Gasteiger partial charge in [0.05, 0.1) is 28.8 Å². The van der Waals surface area contributed by atoms with Crippen LogP contribution < -0.4 is 5.32 Å². The summed E-state index contributed by atoms with van der Waals surface area (Å²) < 4.78 is 5.63. The molecule has 2 fully saturated rings. The van der Waals surface area contributed by atoms with Crippen LogP contribution in [-0.2, 0) is 11.2 Å². The van der Waals surface area contributed by atoms with E-state index in [4.69, 9.17) is 14.7 Å². The lowest BCUT2D eigenvalue weighted by Gasteiger charge is -2.27. The Morgan fingerprint density at radius 2 is 1.78 bits per heavy atom. The maximum Gasteiger partial charge on any atom is 0.410 e. The number of nitrogens with one attached hydrogen (secondary N) is 3. The molecule has 0 aliphatic carbocycles. The van der Waals surface area contributed by atoms with Crippen LogP contribution >= 0.6 is 0 Å². The van der Waals surface area contributed by atoms with Gasteiger partial charge >= 0.3 is 6.09 Å². The molecule has 0 spiro atoms. The summed E-state index contributed by atoms with van der Waals surface area (Å²) in [5.74, 6) is 8.43. The number of amides is 1. The maximum absolute atomic E-state index is 12.8. The van der Waals surface area contributed by atoms with Gasteiger partial charge in [0.2, 0.25) is 0 Å². The molecule has 41 heavy (non-hydrogen) atoms. The minimum Gasteiger partial charge on any atom is -0.444 e. The predicted molar refractivity (Wildman–Crippen MR) is 160 cm³/mol. The van der Waals surface area contributed by atoms with Gasteiger partial charge in [0.15, 0.2) is 0 Å². The maximum atomic E-state index is 12.8. The first-order valence-electron chi connectivity index (χ1n) is 14.7. The van der Waals surface area contributed by atoms with Gasteiger partial charge in [-0.2, -0.15) is 0 Å². The van der Waals surface area contributed by atoms with Crippen molar-refractivity contribution in [2.75, 3.05) is 13.1 Å². The molecule has 8 nitrogen and oxygen atoms in total. The molecule has 3 N–H and O–H groups in total. The van der Waals surface area contributed by atoms with Crippen molar-refractivity contribution in [1.82, 2.24) is 30.2 Å². The highest BCUT2D eigenvalue weighted by Crippen LogP contribution is 2.33. The second-order valence-electron chi connectivity index (χ2n) is 12.0. The third kappa shape index (κ3) is 5.86. The Kier molecular flexibility index (Phi) is 7.31. The molecule has 1 amide bonds. The van der Waals surface area contributed by atoms with Gasteiger partial charge in [-0.15, -0.1) is 0 Å². The normalized spacial score (nSPS) is 19.0. The molecule has 0 saturated carbocycles. The molecule has 4 heterocycles. The smallest absolute Gasteiger partial charge is 0.410 e. The van der Waals surface area contributed by atoms with Crippen LogP contribution in [-0.4, -0.2) is 49.6 Å². The molecule has 2 saturated heterocycles. The topological polar surface area (TPSA) is 98.9 Å². The number of fused-ring (bicyclic) bond motifs is 1. The second-order valence-corrected chi connectivity index (χ2v) is 12.0. The largest absolute Gasteiger partial charge is 0.444 e. The lowest BCUT2D eigenvalue weighted by molar-refractivity contribution is 0.0219. The molecular formula is C33H38N6O2. The van der Waals surface area contributed by atoms with Crippen molar-refractivity contribution in [3.8, 4) is 23.1 Å². The van der Waals surface area contributed by atoms with Crippen LogP contribution in [0.1, 0.15) is 93.9 Å². The van der Waals surface area contributed by atoms with E-state index in [-0.39, 0.29) is 12.1 Å². The van der Waals surface area contributed by atoms with Crippen LogP contribution in [0.2, 0.25) is 0 Å². The first-order valence-corrected chi connectivity index (χ1v) is 14.7. The van der Waals surface area contributed by atoms with Crippen molar-refractivity contribution in [2.24, 2.45) is 0 Å². The summed E-state index contributed by atoms with van der Waals surface area (Å²) in [5.41, 5.74) is 6.41. The van der Waals surface area contributed by atoms with Crippen LogP contribution in [0.5, 0.6) is 0 Å². The molecule has 0 radical (unpaired) electrons. The minimum atomic E-state index is -0.528. The average Bonchev–Trinajstić information content (AvgIpc) is 3.76. The summed E-state index contributed by atoms with van der Waals surface area (Å²) in [5, 5.41) is 3.53. The first kappa shape index (κ1) is 27.1. The lowest BCUT2D eigenvalue weighted by atomic mass is 10.1. The fraction of sp³-hybridized carbons (Fsp3) is 0.424. The number of imidazole rings is 2. The van der Waals surface area contributed by atoms with E-state index in [1.54, 1.807) is 4.90 Å². The van der Waals surface area contributed by atoms with E-state index in [1.807, 2.05) is 39.0 Å². The number of benzene rings is 2. The standard InChI is InChI=1S/C33H38N6O2/c1-5-24-29(38-30(35-24)26-8-6-18-34-26)23-15-12-21(13-16-23)10-11-22-14-17-25-27(20-22)37-31(36-25)28-9-7-19-39(28)32(40)41-33(2,3)4/h12-17,20,26,28,34H,5-9,18-19H2,1-4H3,(H,35,38)(H,36,37)/t26-,28-/m0/s1. The number of likely N-dealkylation sites (tertiary alicyclic amines) is 1. The number of H-pyrrole nitrogens is 2. The Labute approximate surface area is 241 Å². The number of rotatable bonds is 4. The highest BCUT2D eigenvalue weighted by atomic mass is 16.6. The lowest BCUT2D eigenvalue weighted by Crippen LogP contribution is -2.36. The number of aromatic nitrogens is 4. The summed E-state index contributed by atoms with van der Waals surface area (Å²) in [7, 11) is 0. The van der Waals surface area contributed by atoms with Crippen molar-refractivity contribution in [1.29, 1.82) is 0 Å². The molecule has 2 aliphatic heterocycles. The average molecular weight is 551 g/mol. The van der Waals surface area contributed by atoms with Crippen LogP contribution in [0.15, 0.2) is 42.5 Å². The minimum absolute atomic E-state index is 0.112. The summed E-state index contributed by atoms with van der Waals surface area (Å²) in [6, 6.07) is 14.5. The molecule has 2 aromatic heterocycles. The van der Waals surface area contributed by atoms with E-state index in [0.717, 1.165) is 77.3 Å². The van der Waals surface area contributed by atoms with E-state index >= 15 is 0 Å². The number of aryl methyl sites for hydroxylation is 1. The number of ether oxygens (including phenoxy) is 1. The molecule has 6 rings (SSSR count). The van der Waals surface area contributed by atoms with Crippen molar-refractivity contribution in [3.05, 3.63) is 70.9 Å². The summed E-state index contributed by atoms with van der Waals surface area (Å²) >= 11 is 0. The van der Waals surface area contributed by atoms with Gasteiger partial charge in [-0.3, -0.25) is 4.90 Å². The van der Waals surface area contributed by atoms with Gasteiger partial charge in [-0.1, -0.05) is 30.9 Å². The zero-order valence-corrected chi connectivity index (χ0v) is 24.3. The van der Waals surface area contributed by atoms with Crippen LogP contribution in [0.3, 0.4) is 0 Å². The first-order chi connectivity index (χ1) is 19.8. The number of carbonyl (C=O) groups excluding carboxylic acids is 1. The predicted octanol–water partition coefficient (Wildman–Crippen LogP) is 6.41. The van der Waals surface area contributed by atoms with E-state index in [9.17, 15) is 4.79 Å². The highest BCUT2D eigenvalue weighted by Gasteiger charge is 2.35. The van der Waals surface area contributed by atoms with Crippen LogP contribution in [0, 0.1) is 11.8 Å². The number of nitrogens with zero attached hydrogens (tertiary/aromatic N) is 3. The highest BCUT2D eigenvalue weighted by molar-refractivity contribution is 5.77. The molecule has 4 aromatic rings. The summed E-state index contributed by atoms with van der Waals surface area (Å²) in [6.45, 7) is 9.55. The fourth-order valence-electron chi connectivity index (χ4n) is 5.72. The Hall–Kier alpha value is -4.09. The molecular weight excluding hydrogens is 512 g/mol. The molecule has 2 aromatic carbocycles. The molecule has 0 unspecified atom stereocenters. The van der Waals surface area contributed by atoms with Crippen molar-refractivity contribution >= 4 is 17.1 Å². The molecule has 2 atom stereocenters. The van der Waals surface area contributed by atoms with Gasteiger partial charge in [0.25, 0.3) is 0 Å². The van der Waals surface area contributed by atoms with E-state index in [0.29, 0.717) is 12.6 Å². The molecule has 212 valence electrons. The fourth-order valence-corrected chi connectivity index (χ4v) is 5.72. The van der Waals surface area contributed by atoms with E-state index in [2.05, 4.69) is 58.3 Å². The number of aromatic amines is 2. The van der Waals surface area contributed by atoms with Crippen molar-refractivity contribution in [3.63, 3.8) is 0 Å². The van der Waals surface area contributed by atoms with E-state index < -0.39 is 5.60 Å². The molecule has 8 heteroatoms. The third-order valence-electron chi connectivity index (χ3n) is 7.75. The van der Waals surface area contributed by atoms with Gasteiger partial charge in [0.1, 0.15) is 17.2 Å². The molecule has 0 bridgehead atoms. The Bertz CT molecular complexity index is 1610. The van der Waals surface area contributed by atoms with Gasteiger partial charge in [-0.05, 0) is 89.8 Å². The second kappa shape index (κ2) is 11.1.